The van der Waals surface area contributed by atoms with Gasteiger partial charge in [0.05, 0.1) is 6.54 Å². The monoisotopic (exact) mass is 412 g/mol. The number of primary sulfonamides is 1. The topological polar surface area (TPSA) is 240 Å². The molecule has 16 nitrogen and oxygen atoms in total. The Bertz CT molecular complexity index is 1250. The Morgan fingerprint density at radius 3 is 2.71 bits per heavy atom. The smallest absolute Gasteiger partial charge is 0.390 e. The summed E-state index contributed by atoms with van der Waals surface area (Å²) in [6, 6.07) is 0. The van der Waals surface area contributed by atoms with Crippen molar-refractivity contribution in [1.29, 1.82) is 0 Å². The number of H-pyrrole nitrogens is 1. The fourth-order valence-electron chi connectivity index (χ4n) is 2.40. The molecular formula is C11H12N10O6S. The first kappa shape index (κ1) is 19.0. The van der Waals surface area contributed by atoms with Crippen LogP contribution < -0.4 is 16.6 Å². The molecule has 0 bridgehead atoms. The number of aromatic amines is 1. The number of fused-ring (bicyclic) bond motifs is 1. The maximum absolute atomic E-state index is 12.4. The fraction of sp³-hybridized carbons (Fsp3) is 0.273. The first-order chi connectivity index (χ1) is 13.1. The largest absolute Gasteiger partial charge is 0.432 e. The minimum Gasteiger partial charge on any atom is -0.390 e. The van der Waals surface area contributed by atoms with Gasteiger partial charge < -0.3 is 15.8 Å². The number of hydrogen-bond donors (Lipinski definition) is 3. The van der Waals surface area contributed by atoms with Gasteiger partial charge in [-0.05, 0) is 4.92 Å². The van der Waals surface area contributed by atoms with Gasteiger partial charge in [0.25, 0.3) is 5.91 Å². The molecule has 0 spiro atoms. The molecule has 5 N–H and O–H groups in total. The number of rotatable bonds is 7. The minimum atomic E-state index is -4.00. The molecule has 0 aromatic carbocycles. The molecule has 3 aromatic heterocycles. The van der Waals surface area contributed by atoms with Crippen molar-refractivity contribution >= 4 is 27.5 Å². The molecule has 3 heterocycles. The van der Waals surface area contributed by atoms with Crippen LogP contribution in [0, 0.1) is 10.1 Å². The van der Waals surface area contributed by atoms with E-state index in [1.54, 1.807) is 0 Å². The molecule has 0 aliphatic carbocycles. The lowest BCUT2D eigenvalue weighted by molar-refractivity contribution is -0.393. The molecule has 3 rings (SSSR count). The van der Waals surface area contributed by atoms with Crippen LogP contribution in [0.4, 0.5) is 5.95 Å². The van der Waals surface area contributed by atoms with Gasteiger partial charge >= 0.3 is 11.6 Å². The van der Waals surface area contributed by atoms with Crippen LogP contribution in [0.5, 0.6) is 0 Å². The number of carbonyl (C=O) groups excluding carboxylic acids is 1. The van der Waals surface area contributed by atoms with Crippen molar-refractivity contribution in [2.45, 2.75) is 18.7 Å². The van der Waals surface area contributed by atoms with Gasteiger partial charge in [0.1, 0.15) is 17.8 Å². The van der Waals surface area contributed by atoms with Gasteiger partial charge in [-0.3, -0.25) is 4.79 Å². The average molecular weight is 412 g/mol. The lowest BCUT2D eigenvalue weighted by atomic mass is 10.2. The number of aryl methyl sites for hydroxylation is 2. The normalized spacial score (nSPS) is 11.8. The highest BCUT2D eigenvalue weighted by molar-refractivity contribution is 7.88. The van der Waals surface area contributed by atoms with E-state index in [1.807, 2.05) is 0 Å². The van der Waals surface area contributed by atoms with Crippen LogP contribution in [0.25, 0.3) is 5.65 Å². The highest BCUT2D eigenvalue weighted by Gasteiger charge is 2.24. The summed E-state index contributed by atoms with van der Waals surface area (Å²) >= 11 is 0. The quantitative estimate of drug-likeness (QED) is 0.263. The summed E-state index contributed by atoms with van der Waals surface area (Å²) < 4.78 is 24.4. The number of nitrogens with two attached hydrogens (primary N) is 2. The SMILES string of the molecule is NC(=O)c1ncn2c(=O)n(CCc3[nH]c([N+](=O)[O-])nc3CS(N)(=O)=O)nnc12. The molecule has 148 valence electrons. The van der Waals surface area contributed by atoms with Crippen molar-refractivity contribution in [3.8, 4) is 0 Å². The highest BCUT2D eigenvalue weighted by atomic mass is 32.2. The average Bonchev–Trinajstić information content (AvgIpc) is 3.17. The molecule has 0 atom stereocenters. The fourth-order valence-corrected chi connectivity index (χ4v) is 3.02. The molecule has 17 heteroatoms. The predicted molar refractivity (Wildman–Crippen MR) is 89.3 cm³/mol. The standard InChI is InChI=1S/C11H12N10O6S/c12-8(22)7-9-17-18-20(11(23)19(9)4-14-7)2-1-5-6(3-28(13,26)27)16-10(15-5)21(24)25/h4H,1-3H2,(H2,12,22)(H,15,16)(H2,13,26,27). The van der Waals surface area contributed by atoms with E-state index in [9.17, 15) is 28.1 Å². The van der Waals surface area contributed by atoms with Crippen LogP contribution in [0.1, 0.15) is 21.9 Å². The zero-order valence-corrected chi connectivity index (χ0v) is 14.7. The van der Waals surface area contributed by atoms with E-state index in [2.05, 4.69) is 25.3 Å². The second-order valence-corrected chi connectivity index (χ2v) is 7.16. The Morgan fingerprint density at radius 1 is 1.39 bits per heavy atom. The molecule has 0 aliphatic heterocycles. The molecule has 3 aromatic rings. The van der Waals surface area contributed by atoms with Crippen LogP contribution in [-0.2, 0) is 28.7 Å². The number of aromatic nitrogens is 7. The summed E-state index contributed by atoms with van der Waals surface area (Å²) in [5, 5.41) is 23.2. The number of imidazole rings is 2. The number of nitro groups is 1. The minimum absolute atomic E-state index is 0.0663. The number of sulfonamides is 1. The van der Waals surface area contributed by atoms with Crippen molar-refractivity contribution in [3.63, 3.8) is 0 Å². The number of hydrogen-bond acceptors (Lipinski definition) is 10. The second-order valence-electron chi connectivity index (χ2n) is 5.55. The van der Waals surface area contributed by atoms with Crippen molar-refractivity contribution in [2.24, 2.45) is 10.9 Å². The zero-order chi connectivity index (χ0) is 20.6. The summed E-state index contributed by atoms with van der Waals surface area (Å²) in [6.45, 7) is -0.136. The number of primary amides is 1. The van der Waals surface area contributed by atoms with E-state index in [-0.39, 0.29) is 35.7 Å². The lowest BCUT2D eigenvalue weighted by Gasteiger charge is -2.03. The third-order valence-corrected chi connectivity index (χ3v) is 4.26. The van der Waals surface area contributed by atoms with E-state index < -0.39 is 38.2 Å². The molecule has 0 saturated carbocycles. The van der Waals surface area contributed by atoms with Crippen molar-refractivity contribution in [2.75, 3.05) is 0 Å². The maximum Gasteiger partial charge on any atom is 0.432 e. The summed E-state index contributed by atoms with van der Waals surface area (Å²) in [6.07, 6.45) is 0.986. The third-order valence-electron chi connectivity index (χ3n) is 3.59. The molecule has 0 unspecified atom stereocenters. The second kappa shape index (κ2) is 6.78. The van der Waals surface area contributed by atoms with E-state index in [1.165, 1.54) is 0 Å². The summed E-state index contributed by atoms with van der Waals surface area (Å²) in [4.78, 5) is 43.3. The number of carbonyl (C=O) groups is 1. The van der Waals surface area contributed by atoms with Crippen LogP contribution in [0.2, 0.25) is 0 Å². The van der Waals surface area contributed by atoms with Gasteiger partial charge in [-0.25, -0.2) is 32.7 Å². The molecule has 28 heavy (non-hydrogen) atoms. The highest BCUT2D eigenvalue weighted by Crippen LogP contribution is 2.15. The van der Waals surface area contributed by atoms with E-state index in [0.717, 1.165) is 15.4 Å². The van der Waals surface area contributed by atoms with Gasteiger partial charge in [-0.2, -0.15) is 4.68 Å². The van der Waals surface area contributed by atoms with Crippen molar-refractivity contribution in [1.82, 2.24) is 34.3 Å². The Balaban J connectivity index is 1.92. The van der Waals surface area contributed by atoms with Gasteiger partial charge in [-0.15, -0.1) is 5.10 Å². The van der Waals surface area contributed by atoms with Gasteiger partial charge in [0.2, 0.25) is 10.0 Å². The zero-order valence-electron chi connectivity index (χ0n) is 13.8. The summed E-state index contributed by atoms with van der Waals surface area (Å²) in [5.74, 6) is -2.27. The molecule has 0 radical (unpaired) electrons. The Kier molecular flexibility index (Phi) is 4.61. The van der Waals surface area contributed by atoms with Crippen LogP contribution in [0.15, 0.2) is 11.1 Å². The van der Waals surface area contributed by atoms with E-state index in [4.69, 9.17) is 10.9 Å². The predicted octanol–water partition coefficient (Wildman–Crippen LogP) is -2.95. The summed E-state index contributed by atoms with van der Waals surface area (Å²) in [7, 11) is -4.00. The van der Waals surface area contributed by atoms with Crippen LogP contribution >= 0.6 is 0 Å². The molecule has 1 amide bonds. The Hall–Kier alpha value is -3.73. The molecule has 0 fully saturated rings. The first-order valence-electron chi connectivity index (χ1n) is 7.40. The molecule has 0 saturated heterocycles. The Morgan fingerprint density at radius 2 is 2.11 bits per heavy atom. The van der Waals surface area contributed by atoms with Gasteiger partial charge in [0, 0.05) is 6.42 Å². The number of nitrogens with zero attached hydrogens (tertiary/aromatic N) is 7. The first-order valence-corrected chi connectivity index (χ1v) is 9.11. The van der Waals surface area contributed by atoms with E-state index >= 15 is 0 Å². The van der Waals surface area contributed by atoms with Gasteiger partial charge in [-0.1, -0.05) is 10.2 Å². The van der Waals surface area contributed by atoms with Crippen molar-refractivity contribution in [3.05, 3.63) is 44.0 Å². The van der Waals surface area contributed by atoms with Crippen LogP contribution in [0.3, 0.4) is 0 Å². The number of amides is 1. The molecule has 0 aliphatic rings. The van der Waals surface area contributed by atoms with Crippen molar-refractivity contribution < 1.29 is 18.1 Å². The lowest BCUT2D eigenvalue weighted by Crippen LogP contribution is -2.31. The number of nitrogens with one attached hydrogen (secondary N) is 1. The van der Waals surface area contributed by atoms with Gasteiger partial charge in [0.15, 0.2) is 17.0 Å². The van der Waals surface area contributed by atoms with E-state index in [0.29, 0.717) is 0 Å². The third kappa shape index (κ3) is 3.69. The maximum atomic E-state index is 12.4. The van der Waals surface area contributed by atoms with Crippen LogP contribution in [-0.4, -0.2) is 53.6 Å². The molecular weight excluding hydrogens is 400 g/mol. The summed E-state index contributed by atoms with van der Waals surface area (Å²) in [5.41, 5.74) is 4.02. The Labute approximate surface area is 154 Å².